The van der Waals surface area contributed by atoms with Crippen molar-refractivity contribution in [3.8, 4) is 5.75 Å². The molecular formula is C20H20Cl2FN3O3. The number of nitrogens with one attached hydrogen (secondary N) is 3. The third kappa shape index (κ3) is 8.41. The van der Waals surface area contributed by atoms with E-state index in [1.807, 2.05) is 0 Å². The molecule has 0 atom stereocenters. The van der Waals surface area contributed by atoms with Gasteiger partial charge in [0.25, 0.3) is 5.91 Å². The average Bonchev–Trinajstić information content (AvgIpc) is 2.68. The summed E-state index contributed by atoms with van der Waals surface area (Å²) in [5.41, 5.74) is 1.23. The molecule has 0 aromatic heterocycles. The van der Waals surface area contributed by atoms with Crippen molar-refractivity contribution in [2.75, 3.05) is 25.0 Å². The number of carbonyl (C=O) groups is 2. The van der Waals surface area contributed by atoms with E-state index in [1.165, 1.54) is 12.1 Å². The average molecular weight is 440 g/mol. The normalized spacial score (nSPS) is 10.2. The maximum atomic E-state index is 13.3. The summed E-state index contributed by atoms with van der Waals surface area (Å²) in [5, 5.41) is 8.82. The molecule has 2 aromatic rings. The van der Waals surface area contributed by atoms with E-state index in [0.717, 1.165) is 11.8 Å². The van der Waals surface area contributed by atoms with E-state index in [4.69, 9.17) is 27.9 Å². The smallest absolute Gasteiger partial charge is 0.257 e. The Hall–Kier alpha value is -2.77. The lowest BCUT2D eigenvalue weighted by atomic mass is 10.3. The predicted molar refractivity (Wildman–Crippen MR) is 112 cm³/mol. The molecule has 0 fully saturated rings. The Labute approximate surface area is 178 Å². The molecule has 0 heterocycles. The van der Waals surface area contributed by atoms with E-state index < -0.39 is 5.82 Å². The predicted octanol–water partition coefficient (Wildman–Crippen LogP) is 3.76. The molecule has 29 heavy (non-hydrogen) atoms. The molecule has 0 spiro atoms. The highest BCUT2D eigenvalue weighted by Gasteiger charge is 2.07. The molecule has 154 valence electrons. The largest absolute Gasteiger partial charge is 0.484 e. The lowest BCUT2D eigenvalue weighted by Gasteiger charge is -2.11. The van der Waals surface area contributed by atoms with Crippen LogP contribution in [0.1, 0.15) is 6.42 Å². The van der Waals surface area contributed by atoms with E-state index in [2.05, 4.69) is 22.5 Å². The number of hydrogen-bond acceptors (Lipinski definition) is 4. The van der Waals surface area contributed by atoms with Gasteiger partial charge in [-0.25, -0.2) is 4.39 Å². The fraction of sp³-hybridized carbons (Fsp3) is 0.200. The van der Waals surface area contributed by atoms with Crippen molar-refractivity contribution in [2.45, 2.75) is 6.42 Å². The molecule has 0 saturated carbocycles. The van der Waals surface area contributed by atoms with Crippen molar-refractivity contribution in [2.24, 2.45) is 0 Å². The highest BCUT2D eigenvalue weighted by atomic mass is 35.5. The van der Waals surface area contributed by atoms with Gasteiger partial charge in [0, 0.05) is 35.4 Å². The van der Waals surface area contributed by atoms with Gasteiger partial charge in [-0.15, -0.1) is 0 Å². The van der Waals surface area contributed by atoms with Crippen LogP contribution in [0.15, 0.2) is 54.7 Å². The minimum absolute atomic E-state index is 0.0225. The highest BCUT2D eigenvalue weighted by Crippen LogP contribution is 2.20. The van der Waals surface area contributed by atoms with Gasteiger partial charge in [-0.2, -0.15) is 0 Å². The SMILES string of the molecule is C=C(CCNC(=O)COc1ccc(Cl)c(F)c1)NC(=O)CNc1ccc(Cl)cc1. The summed E-state index contributed by atoms with van der Waals surface area (Å²) >= 11 is 11.4. The van der Waals surface area contributed by atoms with Crippen LogP contribution in [0.3, 0.4) is 0 Å². The van der Waals surface area contributed by atoms with E-state index in [9.17, 15) is 14.0 Å². The van der Waals surface area contributed by atoms with Crippen LogP contribution in [-0.2, 0) is 9.59 Å². The lowest BCUT2D eigenvalue weighted by molar-refractivity contribution is -0.123. The maximum Gasteiger partial charge on any atom is 0.257 e. The Bertz CT molecular complexity index is 876. The molecule has 0 saturated heterocycles. The van der Waals surface area contributed by atoms with Crippen molar-refractivity contribution >= 4 is 40.7 Å². The Morgan fingerprint density at radius 2 is 1.79 bits per heavy atom. The molecule has 9 heteroatoms. The molecule has 2 rings (SSSR count). The minimum atomic E-state index is -0.623. The zero-order chi connectivity index (χ0) is 21.2. The van der Waals surface area contributed by atoms with Crippen LogP contribution in [0.25, 0.3) is 0 Å². The first-order chi connectivity index (χ1) is 13.8. The van der Waals surface area contributed by atoms with Gasteiger partial charge in [-0.1, -0.05) is 29.8 Å². The zero-order valence-corrected chi connectivity index (χ0v) is 16.9. The van der Waals surface area contributed by atoms with Gasteiger partial charge in [0.05, 0.1) is 11.6 Å². The van der Waals surface area contributed by atoms with Gasteiger partial charge in [0.1, 0.15) is 11.6 Å². The van der Waals surface area contributed by atoms with Crippen molar-refractivity contribution in [3.63, 3.8) is 0 Å². The van der Waals surface area contributed by atoms with Gasteiger partial charge in [-0.05, 0) is 36.4 Å². The molecule has 0 unspecified atom stereocenters. The van der Waals surface area contributed by atoms with Crippen LogP contribution >= 0.6 is 23.2 Å². The van der Waals surface area contributed by atoms with Gasteiger partial charge in [0.2, 0.25) is 5.91 Å². The van der Waals surface area contributed by atoms with Gasteiger partial charge in [-0.3, -0.25) is 9.59 Å². The second-order valence-corrected chi connectivity index (χ2v) is 6.82. The molecule has 3 N–H and O–H groups in total. The van der Waals surface area contributed by atoms with Gasteiger partial charge in [0.15, 0.2) is 6.61 Å². The van der Waals surface area contributed by atoms with Crippen LogP contribution in [0.5, 0.6) is 5.75 Å². The fourth-order valence-electron chi connectivity index (χ4n) is 2.17. The first-order valence-corrected chi connectivity index (χ1v) is 9.40. The lowest BCUT2D eigenvalue weighted by Crippen LogP contribution is -2.33. The topological polar surface area (TPSA) is 79.5 Å². The zero-order valence-electron chi connectivity index (χ0n) is 15.4. The van der Waals surface area contributed by atoms with E-state index in [0.29, 0.717) is 17.1 Å². The Morgan fingerprint density at radius 1 is 1.07 bits per heavy atom. The van der Waals surface area contributed by atoms with Crippen LogP contribution in [0.2, 0.25) is 10.0 Å². The van der Waals surface area contributed by atoms with Crippen molar-refractivity contribution < 1.29 is 18.7 Å². The molecular weight excluding hydrogens is 420 g/mol. The molecule has 2 amide bonds. The number of anilines is 1. The Kier molecular flexibility index (Phi) is 8.76. The number of benzene rings is 2. The van der Waals surface area contributed by atoms with Crippen LogP contribution in [0.4, 0.5) is 10.1 Å². The molecule has 0 radical (unpaired) electrons. The van der Waals surface area contributed by atoms with Gasteiger partial charge < -0.3 is 20.7 Å². The summed E-state index contributed by atoms with van der Waals surface area (Å²) in [5.74, 6) is -1.07. The van der Waals surface area contributed by atoms with Crippen LogP contribution in [0, 0.1) is 5.82 Å². The number of hydrogen-bond donors (Lipinski definition) is 3. The number of amides is 2. The molecule has 2 aromatic carbocycles. The minimum Gasteiger partial charge on any atom is -0.484 e. The van der Waals surface area contributed by atoms with Crippen molar-refractivity contribution in [1.82, 2.24) is 10.6 Å². The molecule has 6 nitrogen and oxygen atoms in total. The maximum absolute atomic E-state index is 13.3. The fourth-order valence-corrected chi connectivity index (χ4v) is 2.42. The molecule has 0 aliphatic heterocycles. The molecule has 0 aliphatic carbocycles. The summed E-state index contributed by atoms with van der Waals surface area (Å²) in [6.45, 7) is 3.82. The van der Waals surface area contributed by atoms with Gasteiger partial charge >= 0.3 is 0 Å². The molecule has 0 aliphatic rings. The Balaban J connectivity index is 1.60. The summed E-state index contributed by atoms with van der Waals surface area (Å²) in [7, 11) is 0. The number of carbonyl (C=O) groups excluding carboxylic acids is 2. The summed E-state index contributed by atoms with van der Waals surface area (Å²) < 4.78 is 18.5. The van der Waals surface area contributed by atoms with E-state index in [-0.39, 0.29) is 42.3 Å². The van der Waals surface area contributed by atoms with E-state index in [1.54, 1.807) is 24.3 Å². The monoisotopic (exact) mass is 439 g/mol. The number of ether oxygens (including phenoxy) is 1. The number of rotatable bonds is 10. The second kappa shape index (κ2) is 11.3. The second-order valence-electron chi connectivity index (χ2n) is 5.98. The van der Waals surface area contributed by atoms with E-state index >= 15 is 0 Å². The van der Waals surface area contributed by atoms with Crippen molar-refractivity contribution in [3.05, 3.63) is 70.6 Å². The summed E-state index contributed by atoms with van der Waals surface area (Å²) in [6, 6.07) is 10.9. The summed E-state index contributed by atoms with van der Waals surface area (Å²) in [6.07, 6.45) is 0.355. The Morgan fingerprint density at radius 3 is 2.48 bits per heavy atom. The molecule has 0 bridgehead atoms. The summed E-state index contributed by atoms with van der Waals surface area (Å²) in [4.78, 5) is 23.7. The first kappa shape index (κ1) is 22.5. The third-order valence-corrected chi connectivity index (χ3v) is 4.18. The standard InChI is InChI=1S/C20H20Cl2FN3O3/c1-13(26-19(27)11-25-15-4-2-14(21)3-5-15)8-9-24-20(28)12-29-16-6-7-17(22)18(23)10-16/h2-7,10,25H,1,8-9,11-12H2,(H,24,28)(H,26,27). The quantitative estimate of drug-likeness (QED) is 0.526. The van der Waals surface area contributed by atoms with Crippen LogP contribution < -0.4 is 20.7 Å². The third-order valence-electron chi connectivity index (χ3n) is 3.62. The van der Waals surface area contributed by atoms with Crippen molar-refractivity contribution in [1.29, 1.82) is 0 Å². The first-order valence-electron chi connectivity index (χ1n) is 8.65. The van der Waals surface area contributed by atoms with Crippen LogP contribution in [-0.4, -0.2) is 31.5 Å². The highest BCUT2D eigenvalue weighted by molar-refractivity contribution is 6.31. The number of halogens is 3.